The van der Waals surface area contributed by atoms with E-state index in [9.17, 15) is 26.4 Å². The second-order valence-corrected chi connectivity index (χ2v) is 9.44. The van der Waals surface area contributed by atoms with Gasteiger partial charge in [0.05, 0.1) is 17.1 Å². The number of carbonyl (C=O) groups excluding carboxylic acids is 1. The molecular formula is C20H22F3NO4S. The molecule has 0 atom stereocenters. The fourth-order valence-electron chi connectivity index (χ4n) is 3.44. The summed E-state index contributed by atoms with van der Waals surface area (Å²) in [5.41, 5.74) is -0.0623. The average molecular weight is 429 g/mol. The molecule has 0 bridgehead atoms. The molecule has 0 radical (unpaired) electrons. The third-order valence-corrected chi connectivity index (χ3v) is 7.31. The van der Waals surface area contributed by atoms with E-state index in [4.69, 9.17) is 4.42 Å². The van der Waals surface area contributed by atoms with E-state index in [0.29, 0.717) is 43.7 Å². The SMILES string of the molecule is O=C(CCc1ccc(C(F)(F)F)cc1)N1CCC(S(=O)(=O)Cc2ccco2)CC1. The summed E-state index contributed by atoms with van der Waals surface area (Å²) < 4.78 is 67.9. The molecule has 1 aromatic heterocycles. The van der Waals surface area contributed by atoms with Gasteiger partial charge in [-0.15, -0.1) is 0 Å². The highest BCUT2D eigenvalue weighted by atomic mass is 32.2. The molecule has 3 rings (SSSR count). The molecule has 2 heterocycles. The first-order valence-corrected chi connectivity index (χ1v) is 11.0. The van der Waals surface area contributed by atoms with Crippen LogP contribution in [0.2, 0.25) is 0 Å². The van der Waals surface area contributed by atoms with Crippen LogP contribution >= 0.6 is 0 Å². The number of piperidine rings is 1. The predicted molar refractivity (Wildman–Crippen MR) is 101 cm³/mol. The van der Waals surface area contributed by atoms with Crippen molar-refractivity contribution in [2.75, 3.05) is 13.1 Å². The van der Waals surface area contributed by atoms with Crippen LogP contribution in [-0.2, 0) is 33.0 Å². The molecule has 1 aliphatic rings. The van der Waals surface area contributed by atoms with Gasteiger partial charge in [0.15, 0.2) is 9.84 Å². The molecule has 0 N–H and O–H groups in total. The smallest absolute Gasteiger partial charge is 0.416 e. The largest absolute Gasteiger partial charge is 0.468 e. The average Bonchev–Trinajstić information content (AvgIpc) is 3.18. The number of halogens is 3. The zero-order valence-electron chi connectivity index (χ0n) is 15.7. The molecule has 1 fully saturated rings. The van der Waals surface area contributed by atoms with Crippen molar-refractivity contribution in [3.8, 4) is 0 Å². The number of alkyl halides is 3. The Morgan fingerprint density at radius 1 is 1.10 bits per heavy atom. The lowest BCUT2D eigenvalue weighted by molar-refractivity contribution is -0.137. The quantitative estimate of drug-likeness (QED) is 0.700. The van der Waals surface area contributed by atoms with Crippen molar-refractivity contribution in [2.45, 2.75) is 42.9 Å². The fraction of sp³-hybridized carbons (Fsp3) is 0.450. The summed E-state index contributed by atoms with van der Waals surface area (Å²) in [5.74, 6) is 0.138. The number of carbonyl (C=O) groups is 1. The van der Waals surface area contributed by atoms with Crippen LogP contribution in [0.15, 0.2) is 47.1 Å². The normalized spacial score (nSPS) is 16.2. The van der Waals surface area contributed by atoms with Gasteiger partial charge in [0.25, 0.3) is 0 Å². The summed E-state index contributed by atoms with van der Waals surface area (Å²) in [6, 6.07) is 8.04. The van der Waals surface area contributed by atoms with Crippen LogP contribution in [0.1, 0.15) is 36.1 Å². The van der Waals surface area contributed by atoms with E-state index in [1.54, 1.807) is 17.0 Å². The first-order chi connectivity index (χ1) is 13.6. The summed E-state index contributed by atoms with van der Waals surface area (Å²) in [5, 5.41) is -0.508. The molecule has 5 nitrogen and oxygen atoms in total. The van der Waals surface area contributed by atoms with Gasteiger partial charge < -0.3 is 9.32 Å². The summed E-state index contributed by atoms with van der Waals surface area (Å²) >= 11 is 0. The molecule has 0 saturated carbocycles. The molecule has 0 unspecified atom stereocenters. The Morgan fingerprint density at radius 2 is 1.76 bits per heavy atom. The van der Waals surface area contributed by atoms with Crippen molar-refractivity contribution in [1.29, 1.82) is 0 Å². The van der Waals surface area contributed by atoms with E-state index in [2.05, 4.69) is 0 Å². The molecule has 2 aromatic rings. The monoisotopic (exact) mass is 429 g/mol. The van der Waals surface area contributed by atoms with Crippen LogP contribution in [0, 0.1) is 0 Å². The first-order valence-electron chi connectivity index (χ1n) is 9.33. The molecular weight excluding hydrogens is 407 g/mol. The summed E-state index contributed by atoms with van der Waals surface area (Å²) in [7, 11) is -3.35. The van der Waals surface area contributed by atoms with Gasteiger partial charge in [-0.1, -0.05) is 12.1 Å². The zero-order chi connectivity index (χ0) is 21.1. The Bertz CT molecular complexity index is 914. The number of rotatable bonds is 6. The number of likely N-dealkylation sites (tertiary alicyclic amines) is 1. The maximum atomic E-state index is 12.6. The zero-order valence-corrected chi connectivity index (χ0v) is 16.5. The van der Waals surface area contributed by atoms with Crippen molar-refractivity contribution in [3.63, 3.8) is 0 Å². The highest BCUT2D eigenvalue weighted by Gasteiger charge is 2.32. The number of hydrogen-bond donors (Lipinski definition) is 0. The molecule has 0 spiro atoms. The molecule has 9 heteroatoms. The van der Waals surface area contributed by atoms with Gasteiger partial charge in [0.1, 0.15) is 11.5 Å². The minimum Gasteiger partial charge on any atom is -0.468 e. The van der Waals surface area contributed by atoms with Gasteiger partial charge in [0.2, 0.25) is 5.91 Å². The third kappa shape index (κ3) is 5.62. The van der Waals surface area contributed by atoms with Crippen molar-refractivity contribution >= 4 is 15.7 Å². The number of hydrogen-bond acceptors (Lipinski definition) is 4. The van der Waals surface area contributed by atoms with Crippen LogP contribution in [0.3, 0.4) is 0 Å². The van der Waals surface area contributed by atoms with E-state index >= 15 is 0 Å². The minimum absolute atomic E-state index is 0.119. The first kappa shape index (κ1) is 21.4. The molecule has 158 valence electrons. The Labute approximate surface area is 167 Å². The van der Waals surface area contributed by atoms with Gasteiger partial charge in [-0.25, -0.2) is 8.42 Å². The Kier molecular flexibility index (Phi) is 6.36. The van der Waals surface area contributed by atoms with Crippen molar-refractivity contribution < 1.29 is 30.8 Å². The van der Waals surface area contributed by atoms with E-state index in [1.165, 1.54) is 18.4 Å². The van der Waals surface area contributed by atoms with E-state index < -0.39 is 26.8 Å². The fourth-order valence-corrected chi connectivity index (χ4v) is 5.17. The predicted octanol–water partition coefficient (Wildman–Crippen LogP) is 3.84. The van der Waals surface area contributed by atoms with Gasteiger partial charge in [-0.05, 0) is 49.1 Å². The number of aryl methyl sites for hydroxylation is 1. The van der Waals surface area contributed by atoms with Crippen LogP contribution in [-0.4, -0.2) is 37.6 Å². The van der Waals surface area contributed by atoms with Crippen LogP contribution in [0.4, 0.5) is 13.2 Å². The van der Waals surface area contributed by atoms with Crippen molar-refractivity contribution in [1.82, 2.24) is 4.90 Å². The molecule has 1 aromatic carbocycles. The lowest BCUT2D eigenvalue weighted by atomic mass is 10.1. The molecule has 1 saturated heterocycles. The van der Waals surface area contributed by atoms with Crippen LogP contribution in [0.25, 0.3) is 0 Å². The summed E-state index contributed by atoms with van der Waals surface area (Å²) in [6.07, 6.45) is -1.69. The third-order valence-electron chi connectivity index (χ3n) is 5.13. The standard InChI is InChI=1S/C20H22F3NO4S/c21-20(22,23)16-6-3-15(4-7-16)5-8-19(25)24-11-9-18(10-12-24)29(26,27)14-17-2-1-13-28-17/h1-4,6-7,13,18H,5,8-12,14H2. The molecule has 0 aliphatic carbocycles. The summed E-state index contributed by atoms with van der Waals surface area (Å²) in [6.45, 7) is 0.710. The van der Waals surface area contributed by atoms with E-state index in [-0.39, 0.29) is 18.1 Å². The second kappa shape index (κ2) is 8.61. The van der Waals surface area contributed by atoms with E-state index in [1.807, 2.05) is 0 Å². The Hall–Kier alpha value is -2.29. The Balaban J connectivity index is 1.47. The van der Waals surface area contributed by atoms with Crippen LogP contribution in [0.5, 0.6) is 0 Å². The number of benzene rings is 1. The second-order valence-electron chi connectivity index (χ2n) is 7.16. The minimum atomic E-state index is -4.38. The van der Waals surface area contributed by atoms with Gasteiger partial charge >= 0.3 is 6.18 Å². The van der Waals surface area contributed by atoms with Gasteiger partial charge in [0, 0.05) is 19.5 Å². The lowest BCUT2D eigenvalue weighted by Crippen LogP contribution is -2.42. The highest BCUT2D eigenvalue weighted by Crippen LogP contribution is 2.29. The highest BCUT2D eigenvalue weighted by molar-refractivity contribution is 7.91. The molecule has 1 aliphatic heterocycles. The van der Waals surface area contributed by atoms with Crippen molar-refractivity contribution in [2.24, 2.45) is 0 Å². The van der Waals surface area contributed by atoms with Gasteiger partial charge in [-0.3, -0.25) is 4.79 Å². The Morgan fingerprint density at radius 3 is 2.31 bits per heavy atom. The lowest BCUT2D eigenvalue weighted by Gasteiger charge is -2.31. The summed E-state index contributed by atoms with van der Waals surface area (Å²) in [4.78, 5) is 14.0. The number of amides is 1. The molecule has 29 heavy (non-hydrogen) atoms. The number of furan rings is 1. The van der Waals surface area contributed by atoms with Crippen LogP contribution < -0.4 is 0 Å². The van der Waals surface area contributed by atoms with E-state index in [0.717, 1.165) is 12.1 Å². The maximum Gasteiger partial charge on any atom is 0.416 e. The number of sulfone groups is 1. The molecule has 1 amide bonds. The van der Waals surface area contributed by atoms with Gasteiger partial charge in [-0.2, -0.15) is 13.2 Å². The number of nitrogens with zero attached hydrogens (tertiary/aromatic N) is 1. The van der Waals surface area contributed by atoms with Crippen molar-refractivity contribution in [3.05, 3.63) is 59.5 Å². The maximum absolute atomic E-state index is 12.6. The topological polar surface area (TPSA) is 67.6 Å².